The fourth-order valence-electron chi connectivity index (χ4n) is 3.12. The molecule has 3 aromatic heterocycles. The minimum Gasteiger partial charge on any atom is -0.384 e. The summed E-state index contributed by atoms with van der Waals surface area (Å²) in [7, 11) is 3.35. The third-order valence-electron chi connectivity index (χ3n) is 4.67. The van der Waals surface area contributed by atoms with Gasteiger partial charge in [-0.2, -0.15) is 0 Å². The van der Waals surface area contributed by atoms with Crippen LogP contribution in [0.25, 0.3) is 21.6 Å². The Morgan fingerprint density at radius 1 is 1.35 bits per heavy atom. The highest BCUT2D eigenvalue weighted by atomic mass is 32.1. The number of fused-ring (bicyclic) bond motifs is 1. The highest BCUT2D eigenvalue weighted by molar-refractivity contribution is 7.18. The number of hydrogen-bond acceptors (Lipinski definition) is 8. The molecule has 4 rings (SSSR count). The van der Waals surface area contributed by atoms with E-state index in [4.69, 9.17) is 10.5 Å². The van der Waals surface area contributed by atoms with E-state index < -0.39 is 5.60 Å². The Morgan fingerprint density at radius 2 is 2.15 bits per heavy atom. The molecular formula is C18H19N5O2S. The predicted molar refractivity (Wildman–Crippen MR) is 103 cm³/mol. The maximum atomic E-state index is 10.7. The number of pyridine rings is 1. The summed E-state index contributed by atoms with van der Waals surface area (Å²) in [6.45, 7) is 0. The number of rotatable bonds is 4. The number of nitrogens with zero attached hydrogens (tertiary/aromatic N) is 4. The molecule has 8 heteroatoms. The summed E-state index contributed by atoms with van der Waals surface area (Å²) in [5, 5.41) is 11.7. The lowest BCUT2D eigenvalue weighted by molar-refractivity contribution is -0.130. The zero-order chi connectivity index (χ0) is 18.3. The number of aliphatic hydroxyl groups is 1. The number of nitrogen functional groups attached to an aromatic ring is 1. The number of hydrogen-bond donors (Lipinski definition) is 2. The van der Waals surface area contributed by atoms with Crippen molar-refractivity contribution in [1.82, 2.24) is 15.0 Å². The number of aromatic nitrogens is 3. The van der Waals surface area contributed by atoms with Gasteiger partial charge in [-0.15, -0.1) is 11.3 Å². The van der Waals surface area contributed by atoms with E-state index in [2.05, 4.69) is 19.9 Å². The van der Waals surface area contributed by atoms with Crippen LogP contribution in [-0.2, 0) is 10.3 Å². The van der Waals surface area contributed by atoms with Crippen molar-refractivity contribution >= 4 is 33.6 Å². The number of nitrogens with two attached hydrogens (primary N) is 1. The van der Waals surface area contributed by atoms with Crippen molar-refractivity contribution in [3.8, 4) is 11.4 Å². The summed E-state index contributed by atoms with van der Waals surface area (Å²) in [4.78, 5) is 19.0. The normalized spacial score (nSPS) is 22.8. The van der Waals surface area contributed by atoms with Crippen LogP contribution < -0.4 is 5.73 Å². The standard InChI is InChI=1S/C18H19N5O2S/c1-20-7-10-3-11(8-21-15(10)19)16-22-9-12-4-14(26-17(12)23-16)18(24)5-13(6-18)25-2/h3-4,7-9,13,24H,5-6H2,1-2H3,(H2,19,21). The van der Waals surface area contributed by atoms with Gasteiger partial charge >= 0.3 is 0 Å². The Balaban J connectivity index is 1.69. The van der Waals surface area contributed by atoms with Gasteiger partial charge in [0, 0.05) is 67.0 Å². The molecule has 0 bridgehead atoms. The molecule has 134 valence electrons. The first-order chi connectivity index (χ1) is 12.5. The van der Waals surface area contributed by atoms with Crippen molar-refractivity contribution in [3.63, 3.8) is 0 Å². The first-order valence-electron chi connectivity index (χ1n) is 8.23. The van der Waals surface area contributed by atoms with Gasteiger partial charge in [0.2, 0.25) is 0 Å². The van der Waals surface area contributed by atoms with Crippen LogP contribution in [0.4, 0.5) is 5.82 Å². The molecule has 7 nitrogen and oxygen atoms in total. The van der Waals surface area contributed by atoms with Crippen LogP contribution in [0.15, 0.2) is 29.5 Å². The zero-order valence-electron chi connectivity index (χ0n) is 14.5. The Labute approximate surface area is 154 Å². The minimum absolute atomic E-state index is 0.117. The molecule has 0 radical (unpaired) electrons. The molecule has 0 aromatic carbocycles. The van der Waals surface area contributed by atoms with E-state index in [0.29, 0.717) is 24.5 Å². The van der Waals surface area contributed by atoms with Crippen LogP contribution in [0.3, 0.4) is 0 Å². The predicted octanol–water partition coefficient (Wildman–Crippen LogP) is 2.38. The molecule has 0 atom stereocenters. The third-order valence-corrected chi connectivity index (χ3v) is 5.91. The number of anilines is 1. The van der Waals surface area contributed by atoms with Crippen molar-refractivity contribution < 1.29 is 9.84 Å². The lowest BCUT2D eigenvalue weighted by Gasteiger charge is -2.41. The smallest absolute Gasteiger partial charge is 0.162 e. The molecular weight excluding hydrogens is 350 g/mol. The fourth-order valence-corrected chi connectivity index (χ4v) is 4.23. The highest BCUT2D eigenvalue weighted by Crippen LogP contribution is 2.46. The highest BCUT2D eigenvalue weighted by Gasteiger charge is 2.45. The summed E-state index contributed by atoms with van der Waals surface area (Å²) in [5.41, 5.74) is 6.54. The van der Waals surface area contributed by atoms with Crippen molar-refractivity contribution in [2.24, 2.45) is 4.99 Å². The third kappa shape index (κ3) is 2.86. The van der Waals surface area contributed by atoms with E-state index in [-0.39, 0.29) is 6.10 Å². The molecule has 0 saturated heterocycles. The second kappa shape index (κ2) is 6.39. The van der Waals surface area contributed by atoms with Gasteiger partial charge in [-0.1, -0.05) is 0 Å². The summed E-state index contributed by atoms with van der Waals surface area (Å²) in [6, 6.07) is 3.83. The van der Waals surface area contributed by atoms with Crippen LogP contribution in [0.2, 0.25) is 0 Å². The van der Waals surface area contributed by atoms with E-state index in [1.807, 2.05) is 12.1 Å². The number of ether oxygens (including phenoxy) is 1. The number of methoxy groups -OCH3 is 1. The van der Waals surface area contributed by atoms with Crippen LogP contribution >= 0.6 is 11.3 Å². The molecule has 3 aromatic rings. The first kappa shape index (κ1) is 17.0. The lowest BCUT2D eigenvalue weighted by atomic mass is 9.76. The first-order valence-corrected chi connectivity index (χ1v) is 9.04. The molecule has 0 aliphatic heterocycles. The Hall–Kier alpha value is -2.42. The molecule has 0 unspecified atom stereocenters. The molecule has 0 amide bonds. The van der Waals surface area contributed by atoms with Gasteiger partial charge in [0.15, 0.2) is 5.82 Å². The van der Waals surface area contributed by atoms with Gasteiger partial charge < -0.3 is 15.6 Å². The van der Waals surface area contributed by atoms with E-state index in [1.165, 1.54) is 11.3 Å². The van der Waals surface area contributed by atoms with Crippen molar-refractivity contribution in [2.45, 2.75) is 24.5 Å². The quantitative estimate of drug-likeness (QED) is 0.684. The van der Waals surface area contributed by atoms with Crippen LogP contribution in [0, 0.1) is 0 Å². The average molecular weight is 369 g/mol. The van der Waals surface area contributed by atoms with E-state index in [0.717, 1.165) is 26.2 Å². The van der Waals surface area contributed by atoms with Crippen molar-refractivity contribution in [2.75, 3.05) is 19.9 Å². The molecule has 3 heterocycles. The average Bonchev–Trinajstić information content (AvgIpc) is 3.04. The van der Waals surface area contributed by atoms with E-state index in [1.54, 1.807) is 32.8 Å². The molecule has 26 heavy (non-hydrogen) atoms. The molecule has 1 fully saturated rings. The van der Waals surface area contributed by atoms with Crippen molar-refractivity contribution in [1.29, 1.82) is 0 Å². The van der Waals surface area contributed by atoms with Gasteiger partial charge in [-0.3, -0.25) is 4.99 Å². The van der Waals surface area contributed by atoms with Gasteiger partial charge in [0.05, 0.1) is 6.10 Å². The molecule has 0 spiro atoms. The topological polar surface area (TPSA) is 107 Å². The molecule has 1 aliphatic rings. The maximum absolute atomic E-state index is 10.7. The van der Waals surface area contributed by atoms with Crippen LogP contribution in [0.1, 0.15) is 23.3 Å². The van der Waals surface area contributed by atoms with E-state index in [9.17, 15) is 5.11 Å². The Bertz CT molecular complexity index is 994. The SMILES string of the molecule is CN=Cc1cc(-c2ncc3cc(C4(O)CC(OC)C4)sc3n2)cnc1N. The number of thiophene rings is 1. The summed E-state index contributed by atoms with van der Waals surface area (Å²) in [5.74, 6) is 0.985. The van der Waals surface area contributed by atoms with Crippen LogP contribution in [-0.4, -0.2) is 46.5 Å². The van der Waals surface area contributed by atoms with Gasteiger partial charge in [-0.25, -0.2) is 15.0 Å². The lowest BCUT2D eigenvalue weighted by Crippen LogP contribution is -2.44. The Kier molecular flexibility index (Phi) is 4.18. The molecule has 1 aliphatic carbocycles. The fraction of sp³-hybridized carbons (Fsp3) is 0.333. The van der Waals surface area contributed by atoms with Crippen molar-refractivity contribution in [3.05, 3.63) is 35.0 Å². The summed E-state index contributed by atoms with van der Waals surface area (Å²) in [6.07, 6.45) is 6.42. The minimum atomic E-state index is -0.820. The van der Waals surface area contributed by atoms with Gasteiger partial charge in [0.1, 0.15) is 16.2 Å². The maximum Gasteiger partial charge on any atom is 0.162 e. The monoisotopic (exact) mass is 369 g/mol. The largest absolute Gasteiger partial charge is 0.384 e. The van der Waals surface area contributed by atoms with Gasteiger partial charge in [0.25, 0.3) is 0 Å². The van der Waals surface area contributed by atoms with Gasteiger partial charge in [-0.05, 0) is 12.1 Å². The molecule has 1 saturated carbocycles. The second-order valence-corrected chi connectivity index (χ2v) is 7.48. The molecule has 3 N–H and O–H groups in total. The summed E-state index contributed by atoms with van der Waals surface area (Å²) < 4.78 is 5.28. The zero-order valence-corrected chi connectivity index (χ0v) is 15.3. The van der Waals surface area contributed by atoms with E-state index >= 15 is 0 Å². The summed E-state index contributed by atoms with van der Waals surface area (Å²) >= 11 is 1.49. The number of aliphatic imine (C=N–C) groups is 1. The second-order valence-electron chi connectivity index (χ2n) is 6.45. The Morgan fingerprint density at radius 3 is 2.88 bits per heavy atom. The van der Waals surface area contributed by atoms with Crippen LogP contribution in [0.5, 0.6) is 0 Å².